The number of aryl methyl sites for hydroxylation is 1. The van der Waals surface area contributed by atoms with Gasteiger partial charge in [0.1, 0.15) is 0 Å². The Morgan fingerprint density at radius 1 is 1.38 bits per heavy atom. The van der Waals surface area contributed by atoms with E-state index >= 15 is 0 Å². The van der Waals surface area contributed by atoms with Crippen LogP contribution < -0.4 is 20.5 Å². The smallest absolute Gasteiger partial charge is 0.231 e. The maximum atomic E-state index is 5.61. The quantitative estimate of drug-likeness (QED) is 0.807. The minimum Gasteiger partial charge on any atom is -0.454 e. The molecule has 0 aromatic heterocycles. The third kappa shape index (κ3) is 1.99. The van der Waals surface area contributed by atoms with Gasteiger partial charge in [-0.1, -0.05) is 0 Å². The van der Waals surface area contributed by atoms with Crippen molar-refractivity contribution in [1.29, 1.82) is 0 Å². The lowest BCUT2D eigenvalue weighted by atomic mass is 9.98. The van der Waals surface area contributed by atoms with E-state index in [0.717, 1.165) is 17.9 Å². The van der Waals surface area contributed by atoms with Gasteiger partial charge in [0.2, 0.25) is 6.79 Å². The normalized spacial score (nSPS) is 15.2. The van der Waals surface area contributed by atoms with Crippen molar-refractivity contribution in [3.63, 3.8) is 0 Å². The fourth-order valence-electron chi connectivity index (χ4n) is 2.06. The molecule has 1 atom stereocenters. The van der Waals surface area contributed by atoms with E-state index in [1.54, 1.807) is 0 Å². The molecule has 0 saturated heterocycles. The Kier molecular flexibility index (Phi) is 3.31. The van der Waals surface area contributed by atoms with Gasteiger partial charge in [-0.2, -0.15) is 0 Å². The fraction of sp³-hybridized carbons (Fsp3) is 0.500. The van der Waals surface area contributed by atoms with Crippen LogP contribution in [0.25, 0.3) is 0 Å². The number of benzene rings is 1. The van der Waals surface area contributed by atoms with Gasteiger partial charge >= 0.3 is 0 Å². The Labute approximate surface area is 95.7 Å². The number of nitrogens with two attached hydrogens (primary N) is 1. The fourth-order valence-corrected chi connectivity index (χ4v) is 2.06. The van der Waals surface area contributed by atoms with Gasteiger partial charge in [-0.25, -0.2) is 0 Å². The molecule has 1 aliphatic rings. The van der Waals surface area contributed by atoms with Crippen molar-refractivity contribution < 1.29 is 9.47 Å². The Hall–Kier alpha value is -1.26. The van der Waals surface area contributed by atoms with Crippen LogP contribution in [0.1, 0.15) is 23.6 Å². The second-order valence-corrected chi connectivity index (χ2v) is 3.98. The zero-order valence-electron chi connectivity index (χ0n) is 9.75. The minimum atomic E-state index is 0.277. The van der Waals surface area contributed by atoms with E-state index in [-0.39, 0.29) is 6.04 Å². The molecule has 1 aromatic carbocycles. The maximum absolute atomic E-state index is 5.61. The van der Waals surface area contributed by atoms with Crippen LogP contribution >= 0.6 is 0 Å². The summed E-state index contributed by atoms with van der Waals surface area (Å²) < 4.78 is 10.7. The first-order chi connectivity index (χ1) is 7.76. The lowest BCUT2D eigenvalue weighted by Gasteiger charge is -2.18. The number of ether oxygens (including phenoxy) is 2. The summed E-state index contributed by atoms with van der Waals surface area (Å²) in [4.78, 5) is 0. The van der Waals surface area contributed by atoms with Crippen molar-refractivity contribution in [2.75, 3.05) is 20.4 Å². The van der Waals surface area contributed by atoms with E-state index in [0.29, 0.717) is 13.3 Å². The van der Waals surface area contributed by atoms with Crippen LogP contribution in [0.2, 0.25) is 0 Å². The van der Waals surface area contributed by atoms with Crippen LogP contribution in [0.4, 0.5) is 0 Å². The number of hydrogen-bond acceptors (Lipinski definition) is 4. The highest BCUT2D eigenvalue weighted by Gasteiger charge is 2.19. The van der Waals surface area contributed by atoms with E-state index in [2.05, 4.69) is 18.3 Å². The average molecular weight is 222 g/mol. The minimum absolute atomic E-state index is 0.277. The van der Waals surface area contributed by atoms with Crippen molar-refractivity contribution in [3.8, 4) is 11.5 Å². The van der Waals surface area contributed by atoms with Crippen molar-refractivity contribution in [2.45, 2.75) is 19.4 Å². The summed E-state index contributed by atoms with van der Waals surface area (Å²) in [6.45, 7) is 3.07. The molecule has 1 aromatic rings. The van der Waals surface area contributed by atoms with Gasteiger partial charge in [0.05, 0.1) is 0 Å². The van der Waals surface area contributed by atoms with Crippen molar-refractivity contribution in [3.05, 3.63) is 23.3 Å². The third-order valence-electron chi connectivity index (χ3n) is 2.94. The first-order valence-corrected chi connectivity index (χ1v) is 5.53. The predicted octanol–water partition coefficient (Wildman–Crippen LogP) is 1.33. The predicted molar refractivity (Wildman–Crippen MR) is 62.8 cm³/mol. The number of fused-ring (bicyclic) bond motifs is 1. The lowest BCUT2D eigenvalue weighted by Crippen LogP contribution is -2.20. The molecular weight excluding hydrogens is 204 g/mol. The number of nitrogens with one attached hydrogen (secondary N) is 1. The molecule has 4 heteroatoms. The number of hydrogen-bond donors (Lipinski definition) is 2. The Bertz CT molecular complexity index is 380. The summed E-state index contributed by atoms with van der Waals surface area (Å²) >= 11 is 0. The van der Waals surface area contributed by atoms with E-state index in [1.165, 1.54) is 11.1 Å². The second-order valence-electron chi connectivity index (χ2n) is 3.98. The van der Waals surface area contributed by atoms with Crippen LogP contribution in [0.3, 0.4) is 0 Å². The molecule has 0 fully saturated rings. The highest BCUT2D eigenvalue weighted by molar-refractivity contribution is 5.49. The molecule has 0 amide bonds. The topological polar surface area (TPSA) is 56.5 Å². The van der Waals surface area contributed by atoms with Gasteiger partial charge in [-0.15, -0.1) is 0 Å². The first-order valence-electron chi connectivity index (χ1n) is 5.53. The zero-order valence-corrected chi connectivity index (χ0v) is 9.75. The standard InChI is InChI=1S/C12H18N2O2/c1-8-5-11-12(16-7-15-11)6-9(8)10(14-2)3-4-13/h5-6,10,14H,3-4,7,13H2,1-2H3. The van der Waals surface area contributed by atoms with Crippen molar-refractivity contribution in [1.82, 2.24) is 5.32 Å². The summed E-state index contributed by atoms with van der Waals surface area (Å²) in [7, 11) is 1.95. The molecule has 0 spiro atoms. The Morgan fingerprint density at radius 3 is 2.69 bits per heavy atom. The van der Waals surface area contributed by atoms with Gasteiger partial charge < -0.3 is 20.5 Å². The summed E-state index contributed by atoms with van der Waals surface area (Å²) in [6.07, 6.45) is 0.914. The molecule has 0 radical (unpaired) electrons. The van der Waals surface area contributed by atoms with E-state index in [1.807, 2.05) is 13.1 Å². The molecule has 0 saturated carbocycles. The van der Waals surface area contributed by atoms with Crippen LogP contribution in [0.5, 0.6) is 11.5 Å². The highest BCUT2D eigenvalue weighted by Crippen LogP contribution is 2.36. The average Bonchev–Trinajstić information content (AvgIpc) is 2.72. The van der Waals surface area contributed by atoms with Crippen LogP contribution in [0, 0.1) is 6.92 Å². The highest BCUT2D eigenvalue weighted by atomic mass is 16.7. The molecule has 1 unspecified atom stereocenters. The van der Waals surface area contributed by atoms with Gasteiger partial charge in [-0.3, -0.25) is 0 Å². The summed E-state index contributed by atoms with van der Waals surface area (Å²) in [5, 5.41) is 3.27. The molecule has 3 N–H and O–H groups in total. The molecule has 0 bridgehead atoms. The van der Waals surface area contributed by atoms with Gasteiger partial charge in [0.15, 0.2) is 11.5 Å². The lowest BCUT2D eigenvalue weighted by molar-refractivity contribution is 0.174. The SMILES string of the molecule is CNC(CCN)c1cc2c(cc1C)OCO2. The Balaban J connectivity index is 2.32. The maximum Gasteiger partial charge on any atom is 0.231 e. The van der Waals surface area contributed by atoms with Crippen LogP contribution in [-0.2, 0) is 0 Å². The number of rotatable bonds is 4. The summed E-state index contributed by atoms with van der Waals surface area (Å²) in [6, 6.07) is 4.35. The van der Waals surface area contributed by atoms with Gasteiger partial charge in [0, 0.05) is 6.04 Å². The van der Waals surface area contributed by atoms with E-state index in [9.17, 15) is 0 Å². The summed E-state index contributed by atoms with van der Waals surface area (Å²) in [5.41, 5.74) is 8.05. The first kappa shape index (κ1) is 11.2. The van der Waals surface area contributed by atoms with E-state index in [4.69, 9.17) is 15.2 Å². The van der Waals surface area contributed by atoms with Crippen LogP contribution in [-0.4, -0.2) is 20.4 Å². The van der Waals surface area contributed by atoms with E-state index < -0.39 is 0 Å². The molecule has 88 valence electrons. The van der Waals surface area contributed by atoms with Gasteiger partial charge in [0.25, 0.3) is 0 Å². The third-order valence-corrected chi connectivity index (χ3v) is 2.94. The van der Waals surface area contributed by atoms with Crippen molar-refractivity contribution in [2.24, 2.45) is 5.73 Å². The molecular formula is C12H18N2O2. The molecule has 1 heterocycles. The monoisotopic (exact) mass is 222 g/mol. The van der Waals surface area contributed by atoms with Gasteiger partial charge in [-0.05, 0) is 50.2 Å². The molecule has 2 rings (SSSR count). The molecule has 1 aliphatic heterocycles. The summed E-state index contributed by atoms with van der Waals surface area (Å²) in [5.74, 6) is 1.67. The molecule has 4 nitrogen and oxygen atoms in total. The van der Waals surface area contributed by atoms with Crippen LogP contribution in [0.15, 0.2) is 12.1 Å². The van der Waals surface area contributed by atoms with Crippen molar-refractivity contribution >= 4 is 0 Å². The molecule has 0 aliphatic carbocycles. The molecule has 16 heavy (non-hydrogen) atoms. The largest absolute Gasteiger partial charge is 0.454 e. The second kappa shape index (κ2) is 4.72. The zero-order chi connectivity index (χ0) is 11.5. The Morgan fingerprint density at radius 2 is 2.06 bits per heavy atom.